The van der Waals surface area contributed by atoms with Gasteiger partial charge in [0.2, 0.25) is 0 Å². The minimum atomic E-state index is 0.0704. The number of carbonyl (C=O) groups is 1. The van der Waals surface area contributed by atoms with Gasteiger partial charge in [-0.2, -0.15) is 0 Å². The number of aryl methyl sites for hydroxylation is 1. The van der Waals surface area contributed by atoms with Crippen molar-refractivity contribution in [2.75, 3.05) is 0 Å². The van der Waals surface area contributed by atoms with Crippen LogP contribution in [-0.4, -0.2) is 5.78 Å². The highest BCUT2D eigenvalue weighted by atomic mass is 16.1. The Morgan fingerprint density at radius 3 is 1.84 bits per heavy atom. The van der Waals surface area contributed by atoms with Gasteiger partial charge in [0.1, 0.15) is 7.05 Å². The standard InChI is InChI=1S/C17H20NO/c1-17(2,3)15-7-5-13(6-8-15)16(19)14-9-11-18(4)12-10-14/h5-12H,1-4H3/q+1. The van der Waals surface area contributed by atoms with E-state index in [1.165, 1.54) is 5.56 Å². The topological polar surface area (TPSA) is 20.9 Å². The molecule has 0 saturated carbocycles. The van der Waals surface area contributed by atoms with E-state index in [-0.39, 0.29) is 11.2 Å². The van der Waals surface area contributed by atoms with Crippen LogP contribution in [0.5, 0.6) is 0 Å². The lowest BCUT2D eigenvalue weighted by atomic mass is 9.86. The van der Waals surface area contributed by atoms with Crippen molar-refractivity contribution < 1.29 is 9.36 Å². The molecule has 0 aliphatic heterocycles. The normalized spacial score (nSPS) is 11.4. The Balaban J connectivity index is 2.27. The predicted octanol–water partition coefficient (Wildman–Crippen LogP) is 3.04. The Bertz CT molecular complexity index is 574. The predicted molar refractivity (Wildman–Crippen MR) is 76.2 cm³/mol. The molecule has 0 radical (unpaired) electrons. The fraction of sp³-hybridized carbons (Fsp3) is 0.294. The van der Waals surface area contributed by atoms with E-state index < -0.39 is 0 Å². The molecular formula is C17H20NO+. The Morgan fingerprint density at radius 2 is 1.37 bits per heavy atom. The zero-order chi connectivity index (χ0) is 14.0. The van der Waals surface area contributed by atoms with Crippen molar-refractivity contribution >= 4 is 5.78 Å². The molecule has 2 nitrogen and oxygen atoms in total. The summed E-state index contributed by atoms with van der Waals surface area (Å²) in [5.41, 5.74) is 2.81. The lowest BCUT2D eigenvalue weighted by molar-refractivity contribution is -0.671. The Hall–Kier alpha value is -1.96. The number of pyridine rings is 1. The molecule has 1 aromatic carbocycles. The molecule has 1 aromatic heterocycles. The summed E-state index contributed by atoms with van der Waals surface area (Å²) in [6.07, 6.45) is 3.77. The van der Waals surface area contributed by atoms with Crippen molar-refractivity contribution in [3.05, 3.63) is 65.5 Å². The van der Waals surface area contributed by atoms with Crippen LogP contribution in [0, 0.1) is 0 Å². The second-order valence-electron chi connectivity index (χ2n) is 5.91. The SMILES string of the molecule is C[n+]1ccc(C(=O)c2ccc(C(C)(C)C)cc2)cc1. The number of rotatable bonds is 2. The van der Waals surface area contributed by atoms with E-state index in [1.807, 2.05) is 60.4 Å². The third-order valence-corrected chi connectivity index (χ3v) is 3.25. The summed E-state index contributed by atoms with van der Waals surface area (Å²) >= 11 is 0. The highest BCUT2D eigenvalue weighted by molar-refractivity contribution is 6.08. The molecule has 2 heteroatoms. The van der Waals surface area contributed by atoms with Gasteiger partial charge in [0.05, 0.1) is 0 Å². The summed E-state index contributed by atoms with van der Waals surface area (Å²) < 4.78 is 1.92. The quantitative estimate of drug-likeness (QED) is 0.596. The molecule has 1 heterocycles. The molecular weight excluding hydrogens is 234 g/mol. The van der Waals surface area contributed by atoms with Crippen LogP contribution in [0.2, 0.25) is 0 Å². The molecule has 0 fully saturated rings. The van der Waals surface area contributed by atoms with Crippen molar-refractivity contribution in [3.63, 3.8) is 0 Å². The molecule has 0 spiro atoms. The van der Waals surface area contributed by atoms with Crippen LogP contribution in [0.15, 0.2) is 48.8 Å². The Kier molecular flexibility index (Phi) is 3.52. The number of hydrogen-bond donors (Lipinski definition) is 0. The first-order valence-electron chi connectivity index (χ1n) is 6.48. The van der Waals surface area contributed by atoms with Crippen LogP contribution in [-0.2, 0) is 12.5 Å². The van der Waals surface area contributed by atoms with Crippen molar-refractivity contribution in [3.8, 4) is 0 Å². The van der Waals surface area contributed by atoms with E-state index in [2.05, 4.69) is 20.8 Å². The highest BCUT2D eigenvalue weighted by Crippen LogP contribution is 2.22. The van der Waals surface area contributed by atoms with Gasteiger partial charge in [-0.25, -0.2) is 4.57 Å². The molecule has 0 saturated heterocycles. The summed E-state index contributed by atoms with van der Waals surface area (Å²) in [5.74, 6) is 0.0704. The van der Waals surface area contributed by atoms with Crippen molar-refractivity contribution in [1.29, 1.82) is 0 Å². The van der Waals surface area contributed by atoms with Gasteiger partial charge in [0.25, 0.3) is 0 Å². The number of benzene rings is 1. The van der Waals surface area contributed by atoms with Gasteiger partial charge in [-0.1, -0.05) is 45.0 Å². The zero-order valence-corrected chi connectivity index (χ0v) is 12.0. The average Bonchev–Trinajstić information content (AvgIpc) is 2.38. The van der Waals surface area contributed by atoms with E-state index in [9.17, 15) is 4.79 Å². The van der Waals surface area contributed by atoms with Crippen LogP contribution >= 0.6 is 0 Å². The molecule has 0 aliphatic carbocycles. The molecule has 0 aliphatic rings. The van der Waals surface area contributed by atoms with E-state index in [1.54, 1.807) is 0 Å². The molecule has 98 valence electrons. The molecule has 19 heavy (non-hydrogen) atoms. The van der Waals surface area contributed by atoms with Gasteiger partial charge < -0.3 is 0 Å². The third-order valence-electron chi connectivity index (χ3n) is 3.25. The summed E-state index contributed by atoms with van der Waals surface area (Å²) in [6.45, 7) is 6.50. The molecule has 0 amide bonds. The maximum absolute atomic E-state index is 12.3. The summed E-state index contributed by atoms with van der Waals surface area (Å²) in [7, 11) is 1.94. The summed E-state index contributed by atoms with van der Waals surface area (Å²) in [6, 6.07) is 11.6. The number of hydrogen-bond acceptors (Lipinski definition) is 1. The fourth-order valence-corrected chi connectivity index (χ4v) is 1.94. The van der Waals surface area contributed by atoms with Gasteiger partial charge >= 0.3 is 0 Å². The Morgan fingerprint density at radius 1 is 0.895 bits per heavy atom. The highest BCUT2D eigenvalue weighted by Gasteiger charge is 2.15. The summed E-state index contributed by atoms with van der Waals surface area (Å²) in [5, 5.41) is 0. The second-order valence-corrected chi connectivity index (χ2v) is 5.91. The minimum absolute atomic E-state index is 0.0704. The van der Waals surface area contributed by atoms with E-state index >= 15 is 0 Å². The smallest absolute Gasteiger partial charge is 0.193 e. The van der Waals surface area contributed by atoms with Gasteiger partial charge in [-0.05, 0) is 11.0 Å². The molecule has 2 aromatic rings. The average molecular weight is 254 g/mol. The van der Waals surface area contributed by atoms with Crippen LogP contribution in [0.4, 0.5) is 0 Å². The number of nitrogens with zero attached hydrogens (tertiary/aromatic N) is 1. The van der Waals surface area contributed by atoms with Crippen molar-refractivity contribution in [1.82, 2.24) is 0 Å². The third kappa shape index (κ3) is 3.08. The minimum Gasteiger partial charge on any atom is -0.289 e. The largest absolute Gasteiger partial charge is 0.289 e. The van der Waals surface area contributed by atoms with Gasteiger partial charge in [-0.3, -0.25) is 4.79 Å². The zero-order valence-electron chi connectivity index (χ0n) is 12.0. The molecule has 0 unspecified atom stereocenters. The van der Waals surface area contributed by atoms with E-state index in [0.717, 1.165) is 11.1 Å². The van der Waals surface area contributed by atoms with Crippen LogP contribution in [0.3, 0.4) is 0 Å². The van der Waals surface area contributed by atoms with Gasteiger partial charge in [-0.15, -0.1) is 0 Å². The van der Waals surface area contributed by atoms with Crippen molar-refractivity contribution in [2.24, 2.45) is 7.05 Å². The van der Waals surface area contributed by atoms with Gasteiger partial charge in [0.15, 0.2) is 18.2 Å². The lowest BCUT2D eigenvalue weighted by Crippen LogP contribution is -2.26. The van der Waals surface area contributed by atoms with E-state index in [4.69, 9.17) is 0 Å². The molecule has 0 N–H and O–H groups in total. The molecule has 2 rings (SSSR count). The maximum Gasteiger partial charge on any atom is 0.193 e. The fourth-order valence-electron chi connectivity index (χ4n) is 1.94. The molecule has 0 bridgehead atoms. The number of ketones is 1. The van der Waals surface area contributed by atoms with Gasteiger partial charge in [0, 0.05) is 23.3 Å². The van der Waals surface area contributed by atoms with Crippen molar-refractivity contribution in [2.45, 2.75) is 26.2 Å². The summed E-state index contributed by atoms with van der Waals surface area (Å²) in [4.78, 5) is 12.3. The lowest BCUT2D eigenvalue weighted by Gasteiger charge is -2.18. The first-order valence-corrected chi connectivity index (χ1v) is 6.48. The number of carbonyl (C=O) groups excluding carboxylic acids is 1. The second kappa shape index (κ2) is 4.96. The van der Waals surface area contributed by atoms with Crippen LogP contribution in [0.1, 0.15) is 42.3 Å². The van der Waals surface area contributed by atoms with E-state index in [0.29, 0.717) is 0 Å². The van der Waals surface area contributed by atoms with Crippen LogP contribution in [0.25, 0.3) is 0 Å². The molecule has 0 atom stereocenters. The first kappa shape index (κ1) is 13.5. The number of aromatic nitrogens is 1. The maximum atomic E-state index is 12.3. The van der Waals surface area contributed by atoms with Crippen LogP contribution < -0.4 is 4.57 Å². The first-order chi connectivity index (χ1) is 8.88. The Labute approximate surface area is 114 Å². The monoisotopic (exact) mass is 254 g/mol.